The molecular weight excluding hydrogens is 362 g/mol. The summed E-state index contributed by atoms with van der Waals surface area (Å²) in [6.07, 6.45) is 2.23. The summed E-state index contributed by atoms with van der Waals surface area (Å²) in [5, 5.41) is 3.33. The minimum absolute atomic E-state index is 0. The second kappa shape index (κ2) is 13.3. The number of ether oxygens (including phenoxy) is 2. The molecular formula is C22H30ClNO3. The molecule has 4 nitrogen and oxygen atoms in total. The van der Waals surface area contributed by atoms with Gasteiger partial charge >= 0.3 is 0 Å². The normalized spacial score (nSPS) is 11.5. The molecule has 0 bridgehead atoms. The molecule has 27 heavy (non-hydrogen) atoms. The number of benzene rings is 2. The van der Waals surface area contributed by atoms with Gasteiger partial charge in [-0.3, -0.25) is 4.79 Å². The Balaban J connectivity index is 0.00000364. The second-order valence-electron chi connectivity index (χ2n) is 6.28. The zero-order valence-corrected chi connectivity index (χ0v) is 17.0. The highest BCUT2D eigenvalue weighted by Crippen LogP contribution is 2.21. The van der Waals surface area contributed by atoms with Crippen LogP contribution in [0.3, 0.4) is 0 Å². The molecule has 0 amide bonds. The van der Waals surface area contributed by atoms with Gasteiger partial charge in [0, 0.05) is 20.1 Å². The van der Waals surface area contributed by atoms with Gasteiger partial charge in [-0.05, 0) is 37.1 Å². The number of ketones is 1. The summed E-state index contributed by atoms with van der Waals surface area (Å²) in [5.74, 6) is 0.727. The first kappa shape index (κ1) is 23.2. The Morgan fingerprint density at radius 2 is 1.78 bits per heavy atom. The van der Waals surface area contributed by atoms with Crippen LogP contribution in [0.25, 0.3) is 0 Å². The number of carbonyl (C=O) groups excluding carboxylic acids is 1. The summed E-state index contributed by atoms with van der Waals surface area (Å²) < 4.78 is 11.4. The Hall–Kier alpha value is -1.88. The molecule has 0 aliphatic carbocycles. The van der Waals surface area contributed by atoms with Gasteiger partial charge < -0.3 is 14.8 Å². The van der Waals surface area contributed by atoms with Crippen LogP contribution in [-0.4, -0.2) is 38.7 Å². The minimum atomic E-state index is -0.0472. The summed E-state index contributed by atoms with van der Waals surface area (Å²) in [6.45, 7) is 4.22. The monoisotopic (exact) mass is 391 g/mol. The smallest absolute Gasteiger partial charge is 0.166 e. The summed E-state index contributed by atoms with van der Waals surface area (Å²) in [6, 6.07) is 17.5. The van der Waals surface area contributed by atoms with Gasteiger partial charge in [0.05, 0.1) is 5.56 Å². The highest BCUT2D eigenvalue weighted by atomic mass is 35.5. The lowest BCUT2D eigenvalue weighted by Gasteiger charge is -2.18. The SMILES string of the molecule is CCCNCC(COc1ccccc1C(=O)CCc1ccccc1)OC.Cl. The van der Waals surface area contributed by atoms with Crippen LogP contribution in [0, 0.1) is 0 Å². The van der Waals surface area contributed by atoms with Crippen molar-refractivity contribution in [1.29, 1.82) is 0 Å². The van der Waals surface area contributed by atoms with E-state index in [0.717, 1.165) is 25.9 Å². The van der Waals surface area contributed by atoms with Crippen molar-refractivity contribution in [2.75, 3.05) is 26.8 Å². The van der Waals surface area contributed by atoms with Crippen LogP contribution in [0.2, 0.25) is 0 Å². The molecule has 0 aromatic heterocycles. The Morgan fingerprint density at radius 1 is 1.07 bits per heavy atom. The summed E-state index contributed by atoms with van der Waals surface area (Å²) in [5.41, 5.74) is 1.81. The highest BCUT2D eigenvalue weighted by Gasteiger charge is 2.14. The van der Waals surface area contributed by atoms with E-state index in [-0.39, 0.29) is 24.3 Å². The zero-order valence-electron chi connectivity index (χ0n) is 16.1. The van der Waals surface area contributed by atoms with Crippen LogP contribution in [0.5, 0.6) is 5.75 Å². The molecule has 0 fully saturated rings. The van der Waals surface area contributed by atoms with Crippen LogP contribution in [0.1, 0.15) is 35.7 Å². The fraction of sp³-hybridized carbons (Fsp3) is 0.409. The van der Waals surface area contributed by atoms with Gasteiger partial charge in [-0.2, -0.15) is 0 Å². The Labute approximate surface area is 168 Å². The first-order valence-electron chi connectivity index (χ1n) is 9.27. The summed E-state index contributed by atoms with van der Waals surface area (Å²) >= 11 is 0. The molecule has 2 aromatic rings. The highest BCUT2D eigenvalue weighted by molar-refractivity contribution is 5.98. The van der Waals surface area contributed by atoms with Crippen molar-refractivity contribution >= 4 is 18.2 Å². The lowest BCUT2D eigenvalue weighted by molar-refractivity contribution is 0.0576. The molecule has 1 N–H and O–H groups in total. The van der Waals surface area contributed by atoms with Crippen molar-refractivity contribution in [2.24, 2.45) is 0 Å². The standard InChI is InChI=1S/C22H29NO3.ClH/c1-3-15-23-16-19(25-2)17-26-22-12-8-7-11-20(22)21(24)14-13-18-9-5-4-6-10-18;/h4-12,19,23H,3,13-17H2,1-2H3;1H. The van der Waals surface area contributed by atoms with E-state index < -0.39 is 0 Å². The third-order valence-electron chi connectivity index (χ3n) is 4.23. The van der Waals surface area contributed by atoms with Gasteiger partial charge in [-0.25, -0.2) is 0 Å². The van der Waals surface area contributed by atoms with Crippen LogP contribution in [0.4, 0.5) is 0 Å². The van der Waals surface area contributed by atoms with Crippen molar-refractivity contribution in [3.8, 4) is 5.75 Å². The van der Waals surface area contributed by atoms with Crippen LogP contribution >= 0.6 is 12.4 Å². The predicted molar refractivity (Wildman–Crippen MR) is 112 cm³/mol. The van der Waals surface area contributed by atoms with Gasteiger partial charge in [0.25, 0.3) is 0 Å². The maximum Gasteiger partial charge on any atom is 0.166 e. The first-order valence-corrected chi connectivity index (χ1v) is 9.27. The van der Waals surface area contributed by atoms with Gasteiger partial charge in [0.1, 0.15) is 18.5 Å². The Bertz CT molecular complexity index is 664. The van der Waals surface area contributed by atoms with Crippen molar-refractivity contribution < 1.29 is 14.3 Å². The topological polar surface area (TPSA) is 47.6 Å². The molecule has 1 unspecified atom stereocenters. The van der Waals surface area contributed by atoms with E-state index in [9.17, 15) is 4.79 Å². The molecule has 0 aliphatic heterocycles. The van der Waals surface area contributed by atoms with E-state index >= 15 is 0 Å². The van der Waals surface area contributed by atoms with E-state index in [1.165, 1.54) is 5.56 Å². The van der Waals surface area contributed by atoms with E-state index in [4.69, 9.17) is 9.47 Å². The third kappa shape index (κ3) is 8.12. The molecule has 1 atom stereocenters. The van der Waals surface area contributed by atoms with E-state index in [0.29, 0.717) is 24.3 Å². The zero-order chi connectivity index (χ0) is 18.6. The third-order valence-corrected chi connectivity index (χ3v) is 4.23. The molecule has 0 heterocycles. The maximum atomic E-state index is 12.6. The Kier molecular flexibility index (Phi) is 11.4. The lowest BCUT2D eigenvalue weighted by Crippen LogP contribution is -2.33. The lowest BCUT2D eigenvalue weighted by atomic mass is 10.0. The Morgan fingerprint density at radius 3 is 2.48 bits per heavy atom. The minimum Gasteiger partial charge on any atom is -0.490 e. The van der Waals surface area contributed by atoms with Gasteiger partial charge in [0.2, 0.25) is 0 Å². The molecule has 0 aliphatic rings. The summed E-state index contributed by atoms with van der Waals surface area (Å²) in [7, 11) is 1.68. The van der Waals surface area contributed by atoms with Crippen LogP contribution in [-0.2, 0) is 11.2 Å². The summed E-state index contributed by atoms with van der Waals surface area (Å²) in [4.78, 5) is 12.6. The molecule has 0 saturated carbocycles. The van der Waals surface area contributed by atoms with Crippen LogP contribution in [0.15, 0.2) is 54.6 Å². The number of carbonyl (C=O) groups is 1. The number of halogens is 1. The fourth-order valence-electron chi connectivity index (χ4n) is 2.69. The number of aryl methyl sites for hydroxylation is 1. The molecule has 0 saturated heterocycles. The molecule has 0 spiro atoms. The van der Waals surface area contributed by atoms with Crippen molar-refractivity contribution in [1.82, 2.24) is 5.32 Å². The number of nitrogens with one attached hydrogen (secondary N) is 1. The quantitative estimate of drug-likeness (QED) is 0.432. The average molecular weight is 392 g/mol. The van der Waals surface area contributed by atoms with Crippen molar-refractivity contribution in [3.63, 3.8) is 0 Å². The largest absolute Gasteiger partial charge is 0.490 e. The number of methoxy groups -OCH3 is 1. The van der Waals surface area contributed by atoms with Gasteiger partial charge in [0.15, 0.2) is 5.78 Å². The average Bonchev–Trinajstić information content (AvgIpc) is 2.70. The van der Waals surface area contributed by atoms with Crippen LogP contribution < -0.4 is 10.1 Å². The van der Waals surface area contributed by atoms with Crippen molar-refractivity contribution in [2.45, 2.75) is 32.3 Å². The molecule has 5 heteroatoms. The molecule has 2 rings (SSSR count). The van der Waals surface area contributed by atoms with E-state index in [1.807, 2.05) is 54.6 Å². The number of Topliss-reactive ketones (excluding diaryl/α,β-unsaturated/α-hetero) is 1. The van der Waals surface area contributed by atoms with Crippen molar-refractivity contribution in [3.05, 3.63) is 65.7 Å². The number of rotatable bonds is 12. The fourth-order valence-corrected chi connectivity index (χ4v) is 2.69. The molecule has 0 radical (unpaired) electrons. The number of hydrogen-bond donors (Lipinski definition) is 1. The van der Waals surface area contributed by atoms with Gasteiger partial charge in [-0.1, -0.05) is 49.4 Å². The number of para-hydroxylation sites is 1. The van der Waals surface area contributed by atoms with E-state index in [2.05, 4.69) is 12.2 Å². The van der Waals surface area contributed by atoms with Gasteiger partial charge in [-0.15, -0.1) is 12.4 Å². The first-order chi connectivity index (χ1) is 12.7. The predicted octanol–water partition coefficient (Wildman–Crippen LogP) is 4.32. The molecule has 2 aromatic carbocycles. The second-order valence-corrected chi connectivity index (χ2v) is 6.28. The molecule has 148 valence electrons. The number of hydrogen-bond acceptors (Lipinski definition) is 4. The van der Waals surface area contributed by atoms with E-state index in [1.54, 1.807) is 7.11 Å². The maximum absolute atomic E-state index is 12.6.